The Balaban J connectivity index is 1.53. The Kier molecular flexibility index (Phi) is 3.18. The summed E-state index contributed by atoms with van der Waals surface area (Å²) < 4.78 is 0. The minimum Gasteiger partial charge on any atom is -0.332 e. The maximum absolute atomic E-state index is 12.9. The normalized spacial score (nSPS) is 49.5. The summed E-state index contributed by atoms with van der Waals surface area (Å²) in [6, 6.07) is 0.191. The van der Waals surface area contributed by atoms with E-state index in [0.29, 0.717) is 16.2 Å². The Bertz CT molecular complexity index is 469. The lowest BCUT2D eigenvalue weighted by atomic mass is 9.38. The smallest absolute Gasteiger partial charge is 0.317 e. The predicted octanol–water partition coefficient (Wildman–Crippen LogP) is 3.08. The minimum atomic E-state index is 0.0490. The van der Waals surface area contributed by atoms with E-state index in [2.05, 4.69) is 38.0 Å². The summed E-state index contributed by atoms with van der Waals surface area (Å²) in [6.45, 7) is 11.1. The van der Waals surface area contributed by atoms with Gasteiger partial charge in [-0.2, -0.15) is 0 Å². The van der Waals surface area contributed by atoms with Crippen LogP contribution in [0.15, 0.2) is 0 Å². The lowest BCUT2D eigenvalue weighted by Gasteiger charge is -2.69. The number of carbonyl (C=O) groups is 1. The fourth-order valence-electron chi connectivity index (χ4n) is 7.74. The molecular formula is C19H33N3O. The van der Waals surface area contributed by atoms with E-state index in [9.17, 15) is 4.79 Å². The molecule has 23 heavy (non-hydrogen) atoms. The molecule has 0 aromatic rings. The van der Waals surface area contributed by atoms with E-state index in [1.165, 1.54) is 38.5 Å². The fourth-order valence-corrected chi connectivity index (χ4v) is 7.74. The molecule has 130 valence electrons. The Hall–Kier alpha value is -0.770. The Labute approximate surface area is 141 Å². The first-order valence-electron chi connectivity index (χ1n) is 9.38. The summed E-state index contributed by atoms with van der Waals surface area (Å²) >= 11 is 0. The second-order valence-corrected chi connectivity index (χ2v) is 10.5. The summed E-state index contributed by atoms with van der Waals surface area (Å²) in [7, 11) is 2.14. The highest BCUT2D eigenvalue weighted by Gasteiger charge is 2.64. The van der Waals surface area contributed by atoms with Crippen LogP contribution in [0, 0.1) is 16.2 Å². The van der Waals surface area contributed by atoms with Crippen molar-refractivity contribution in [2.75, 3.05) is 33.2 Å². The molecule has 5 fully saturated rings. The molecule has 5 rings (SSSR count). The van der Waals surface area contributed by atoms with Crippen molar-refractivity contribution in [2.24, 2.45) is 16.2 Å². The van der Waals surface area contributed by atoms with E-state index in [1.54, 1.807) is 0 Å². The number of amides is 2. The summed E-state index contributed by atoms with van der Waals surface area (Å²) in [5.74, 6) is 0. The highest BCUT2D eigenvalue weighted by Crippen LogP contribution is 2.70. The fraction of sp³-hybridized carbons (Fsp3) is 0.947. The molecule has 0 unspecified atom stereocenters. The van der Waals surface area contributed by atoms with Gasteiger partial charge in [-0.15, -0.1) is 0 Å². The summed E-state index contributed by atoms with van der Waals surface area (Å²) in [6.07, 6.45) is 7.60. The van der Waals surface area contributed by atoms with Crippen molar-refractivity contribution in [3.05, 3.63) is 0 Å². The number of likely N-dealkylation sites (N-methyl/N-ethyl adjacent to an activating group) is 1. The molecule has 2 amide bonds. The van der Waals surface area contributed by atoms with Gasteiger partial charge in [0.15, 0.2) is 0 Å². The average molecular weight is 319 g/mol. The number of hydrogen-bond acceptors (Lipinski definition) is 2. The topological polar surface area (TPSA) is 35.6 Å². The van der Waals surface area contributed by atoms with Crippen LogP contribution in [0.4, 0.5) is 4.79 Å². The van der Waals surface area contributed by atoms with Gasteiger partial charge in [0.05, 0.1) is 0 Å². The van der Waals surface area contributed by atoms with Crippen LogP contribution in [0.1, 0.15) is 59.3 Å². The molecular weight excluding hydrogens is 286 g/mol. The number of nitrogens with zero attached hydrogens (tertiary/aromatic N) is 2. The number of urea groups is 1. The zero-order chi connectivity index (χ0) is 16.5. The van der Waals surface area contributed by atoms with Crippen LogP contribution in [0.2, 0.25) is 0 Å². The van der Waals surface area contributed by atoms with Crippen molar-refractivity contribution in [1.82, 2.24) is 15.1 Å². The second kappa shape index (κ2) is 4.65. The van der Waals surface area contributed by atoms with Gasteiger partial charge in [0, 0.05) is 31.7 Å². The van der Waals surface area contributed by atoms with Crippen molar-refractivity contribution in [1.29, 1.82) is 0 Å². The summed E-state index contributed by atoms with van der Waals surface area (Å²) in [4.78, 5) is 17.2. The molecule has 4 saturated carbocycles. The largest absolute Gasteiger partial charge is 0.332 e. The number of rotatable bonds is 1. The van der Waals surface area contributed by atoms with Crippen LogP contribution in [0.25, 0.3) is 0 Å². The standard InChI is InChI=1S/C19H33N3O/c1-16-9-17(2)11-18(3,10-16)14-19(12-16,13-17)20-15(23)22-7-5-21(4)6-8-22/h5-14H2,1-4H3,(H,20,23). The van der Waals surface area contributed by atoms with Gasteiger partial charge < -0.3 is 15.1 Å². The first kappa shape index (κ1) is 15.7. The summed E-state index contributed by atoms with van der Waals surface area (Å²) in [5.41, 5.74) is 1.32. The van der Waals surface area contributed by atoms with E-state index in [1.807, 2.05) is 4.90 Å². The van der Waals surface area contributed by atoms with Gasteiger partial charge in [0.25, 0.3) is 0 Å². The van der Waals surface area contributed by atoms with Gasteiger partial charge in [0.2, 0.25) is 0 Å². The van der Waals surface area contributed by atoms with E-state index < -0.39 is 0 Å². The number of nitrogens with one attached hydrogen (secondary N) is 1. The molecule has 1 aliphatic heterocycles. The van der Waals surface area contributed by atoms with E-state index >= 15 is 0 Å². The third kappa shape index (κ3) is 2.67. The Morgan fingerprint density at radius 2 is 1.22 bits per heavy atom. The third-order valence-electron chi connectivity index (χ3n) is 7.02. The van der Waals surface area contributed by atoms with Gasteiger partial charge in [-0.05, 0) is 61.8 Å². The SMILES string of the molecule is CN1CCN(C(=O)NC23CC4(C)CC(C)(CC(C)(C4)C2)C3)CC1. The molecule has 1 saturated heterocycles. The zero-order valence-corrected chi connectivity index (χ0v) is 15.4. The molecule has 0 atom stereocenters. The molecule has 0 spiro atoms. The van der Waals surface area contributed by atoms with Gasteiger partial charge in [-0.1, -0.05) is 20.8 Å². The maximum Gasteiger partial charge on any atom is 0.317 e. The van der Waals surface area contributed by atoms with E-state index in [0.717, 1.165) is 26.2 Å². The number of hydrogen-bond donors (Lipinski definition) is 1. The molecule has 0 radical (unpaired) electrons. The number of piperazine rings is 1. The van der Waals surface area contributed by atoms with Crippen molar-refractivity contribution >= 4 is 6.03 Å². The van der Waals surface area contributed by atoms with Crippen molar-refractivity contribution in [3.8, 4) is 0 Å². The quantitative estimate of drug-likeness (QED) is 0.806. The molecule has 0 aromatic carbocycles. The second-order valence-electron chi connectivity index (χ2n) is 10.5. The Morgan fingerprint density at radius 3 is 1.65 bits per heavy atom. The van der Waals surface area contributed by atoms with Crippen LogP contribution in [-0.4, -0.2) is 54.6 Å². The lowest BCUT2D eigenvalue weighted by molar-refractivity contribution is -0.155. The monoisotopic (exact) mass is 319 g/mol. The Morgan fingerprint density at radius 1 is 0.783 bits per heavy atom. The van der Waals surface area contributed by atoms with Crippen LogP contribution in [0.3, 0.4) is 0 Å². The molecule has 5 aliphatic rings. The third-order valence-corrected chi connectivity index (χ3v) is 7.02. The first-order chi connectivity index (χ1) is 10.6. The van der Waals surface area contributed by atoms with Gasteiger partial charge in [-0.3, -0.25) is 0 Å². The minimum absolute atomic E-state index is 0.0490. The van der Waals surface area contributed by atoms with Crippen molar-refractivity contribution < 1.29 is 4.79 Å². The van der Waals surface area contributed by atoms with E-state index in [4.69, 9.17) is 0 Å². The van der Waals surface area contributed by atoms with Gasteiger partial charge >= 0.3 is 6.03 Å². The van der Waals surface area contributed by atoms with Gasteiger partial charge in [-0.25, -0.2) is 4.79 Å². The van der Waals surface area contributed by atoms with Crippen LogP contribution in [0.5, 0.6) is 0 Å². The maximum atomic E-state index is 12.9. The molecule has 4 aliphatic carbocycles. The molecule has 1 N–H and O–H groups in total. The molecule has 4 heteroatoms. The van der Waals surface area contributed by atoms with Gasteiger partial charge in [0.1, 0.15) is 0 Å². The molecule has 0 aromatic heterocycles. The zero-order valence-electron chi connectivity index (χ0n) is 15.4. The van der Waals surface area contributed by atoms with E-state index in [-0.39, 0.29) is 11.6 Å². The van der Waals surface area contributed by atoms with Crippen LogP contribution < -0.4 is 5.32 Å². The molecule has 4 bridgehead atoms. The highest BCUT2D eigenvalue weighted by atomic mass is 16.2. The lowest BCUT2D eigenvalue weighted by Crippen LogP contribution is -2.69. The molecule has 4 nitrogen and oxygen atoms in total. The summed E-state index contributed by atoms with van der Waals surface area (Å²) in [5, 5.41) is 3.55. The predicted molar refractivity (Wildman–Crippen MR) is 92.4 cm³/mol. The van der Waals surface area contributed by atoms with Crippen molar-refractivity contribution in [2.45, 2.75) is 64.8 Å². The van der Waals surface area contributed by atoms with Crippen molar-refractivity contribution in [3.63, 3.8) is 0 Å². The molecule has 1 heterocycles. The highest BCUT2D eigenvalue weighted by molar-refractivity contribution is 5.75. The van der Waals surface area contributed by atoms with Crippen LogP contribution >= 0.6 is 0 Å². The first-order valence-corrected chi connectivity index (χ1v) is 9.38. The average Bonchev–Trinajstić information content (AvgIpc) is 2.32. The van der Waals surface area contributed by atoms with Crippen LogP contribution in [-0.2, 0) is 0 Å². The number of carbonyl (C=O) groups excluding carboxylic acids is 1.